The summed E-state index contributed by atoms with van der Waals surface area (Å²) in [7, 11) is 0. The van der Waals surface area contributed by atoms with E-state index in [1.165, 1.54) is 12.1 Å². The number of amides is 1. The van der Waals surface area contributed by atoms with Crippen molar-refractivity contribution in [3.63, 3.8) is 0 Å². The minimum Gasteiger partial charge on any atom is -0.494 e. The van der Waals surface area contributed by atoms with Crippen LogP contribution in [0.4, 0.5) is 4.39 Å². The van der Waals surface area contributed by atoms with Crippen molar-refractivity contribution in [2.24, 2.45) is 0 Å². The van der Waals surface area contributed by atoms with Crippen molar-refractivity contribution >= 4 is 5.91 Å². The zero-order chi connectivity index (χ0) is 21.8. The smallest absolute Gasteiger partial charge is 0.257 e. The third kappa shape index (κ3) is 4.76. The molecule has 0 radical (unpaired) electrons. The third-order valence-electron chi connectivity index (χ3n) is 5.65. The Morgan fingerprint density at radius 2 is 1.94 bits per heavy atom. The van der Waals surface area contributed by atoms with Gasteiger partial charge < -0.3 is 14.2 Å². The number of unbranched alkanes of at least 4 members (excludes halogenated alkanes) is 1. The molecule has 31 heavy (non-hydrogen) atoms. The number of carbonyl (C=O) groups excluding carboxylic acids is 1. The number of benzene rings is 2. The Morgan fingerprint density at radius 3 is 2.65 bits per heavy atom. The summed E-state index contributed by atoms with van der Waals surface area (Å²) < 4.78 is 24.3. The molecule has 2 heterocycles. The van der Waals surface area contributed by atoms with E-state index in [9.17, 15) is 9.18 Å². The summed E-state index contributed by atoms with van der Waals surface area (Å²) in [6.07, 6.45) is 2.44. The normalized spacial score (nSPS) is 17.2. The van der Waals surface area contributed by atoms with E-state index in [0.717, 1.165) is 29.7 Å². The highest BCUT2D eigenvalue weighted by Gasteiger charge is 2.36. The number of carbonyl (C=O) groups is 1. The van der Waals surface area contributed by atoms with Gasteiger partial charge in [-0.3, -0.25) is 4.79 Å². The lowest BCUT2D eigenvalue weighted by atomic mass is 10.1. The predicted octanol–water partition coefficient (Wildman–Crippen LogP) is 5.13. The minimum absolute atomic E-state index is 0.0294. The highest BCUT2D eigenvalue weighted by Crippen LogP contribution is 2.33. The lowest BCUT2D eigenvalue weighted by Crippen LogP contribution is -2.28. The zero-order valence-corrected chi connectivity index (χ0v) is 17.8. The van der Waals surface area contributed by atoms with Crippen LogP contribution in [0, 0.1) is 5.82 Å². The van der Waals surface area contributed by atoms with Gasteiger partial charge in [0, 0.05) is 24.4 Å². The fourth-order valence-electron chi connectivity index (χ4n) is 3.75. The largest absolute Gasteiger partial charge is 0.494 e. The summed E-state index contributed by atoms with van der Waals surface area (Å²) in [4.78, 5) is 18.9. The Labute approximate surface area is 181 Å². The van der Waals surface area contributed by atoms with Crippen molar-refractivity contribution in [3.8, 4) is 17.2 Å². The highest BCUT2D eigenvalue weighted by molar-refractivity contribution is 5.80. The van der Waals surface area contributed by atoms with Gasteiger partial charge in [0.2, 0.25) is 5.91 Å². The van der Waals surface area contributed by atoms with E-state index in [1.807, 2.05) is 31.2 Å². The van der Waals surface area contributed by atoms with E-state index in [4.69, 9.17) is 9.26 Å². The molecule has 4 rings (SSSR count). The van der Waals surface area contributed by atoms with Crippen molar-refractivity contribution in [2.45, 2.75) is 45.1 Å². The molecular weight excluding hydrogens is 397 g/mol. The molecule has 0 spiro atoms. The molecule has 0 bridgehead atoms. The highest BCUT2D eigenvalue weighted by atomic mass is 19.1. The van der Waals surface area contributed by atoms with Gasteiger partial charge >= 0.3 is 0 Å². The molecular formula is C24H26FN3O3. The maximum absolute atomic E-state index is 13.2. The first-order valence-electron chi connectivity index (χ1n) is 10.7. The number of likely N-dealkylation sites (tertiary alicyclic amines) is 1. The van der Waals surface area contributed by atoms with E-state index in [0.29, 0.717) is 31.3 Å². The molecule has 0 aliphatic carbocycles. The van der Waals surface area contributed by atoms with E-state index < -0.39 is 0 Å². The summed E-state index contributed by atoms with van der Waals surface area (Å²) in [5.41, 5.74) is 1.70. The van der Waals surface area contributed by atoms with Crippen LogP contribution in [0.1, 0.15) is 56.5 Å². The Kier molecular flexibility index (Phi) is 6.30. The quantitative estimate of drug-likeness (QED) is 0.470. The van der Waals surface area contributed by atoms with Crippen molar-refractivity contribution in [2.75, 3.05) is 13.2 Å². The minimum atomic E-state index is -0.290. The fourth-order valence-corrected chi connectivity index (χ4v) is 3.75. The second-order valence-electron chi connectivity index (χ2n) is 7.86. The van der Waals surface area contributed by atoms with Crippen molar-refractivity contribution < 1.29 is 18.4 Å². The van der Waals surface area contributed by atoms with Crippen LogP contribution >= 0.6 is 0 Å². The molecule has 1 aromatic heterocycles. The molecule has 0 saturated carbocycles. The molecule has 1 saturated heterocycles. The van der Waals surface area contributed by atoms with Gasteiger partial charge in [-0.25, -0.2) is 4.39 Å². The van der Waals surface area contributed by atoms with Crippen molar-refractivity contribution in [1.82, 2.24) is 15.0 Å². The van der Waals surface area contributed by atoms with Crippen LogP contribution in [0.25, 0.3) is 11.5 Å². The van der Waals surface area contributed by atoms with Gasteiger partial charge in [0.05, 0.1) is 12.6 Å². The summed E-state index contributed by atoms with van der Waals surface area (Å²) in [6, 6.07) is 13.7. The number of ether oxygens (including phenoxy) is 1. The van der Waals surface area contributed by atoms with Gasteiger partial charge in [-0.15, -0.1) is 0 Å². The average Bonchev–Trinajstić information content (AvgIpc) is 3.41. The zero-order valence-electron chi connectivity index (χ0n) is 17.8. The molecule has 1 amide bonds. The van der Waals surface area contributed by atoms with Gasteiger partial charge in [-0.1, -0.05) is 30.6 Å². The first-order valence-corrected chi connectivity index (χ1v) is 10.7. The van der Waals surface area contributed by atoms with Gasteiger partial charge in [0.25, 0.3) is 5.89 Å². The molecule has 2 unspecified atom stereocenters. The Balaban J connectivity index is 1.42. The van der Waals surface area contributed by atoms with Gasteiger partial charge in [-0.2, -0.15) is 4.98 Å². The van der Waals surface area contributed by atoms with Gasteiger partial charge in [0.1, 0.15) is 11.6 Å². The summed E-state index contributed by atoms with van der Waals surface area (Å²) >= 11 is 0. The van der Waals surface area contributed by atoms with Crippen LogP contribution < -0.4 is 4.74 Å². The molecule has 2 atom stereocenters. The van der Waals surface area contributed by atoms with Gasteiger partial charge in [0.15, 0.2) is 5.82 Å². The molecule has 6 nitrogen and oxygen atoms in total. The SMILES string of the molecule is CCCCOc1ccc(-c2nc(C3CC(=O)N(C(C)c4ccc(F)cc4)C3)no2)cc1. The molecule has 162 valence electrons. The standard InChI is InChI=1S/C24H26FN3O3/c1-3-4-13-30-21-11-7-18(8-12-21)24-26-23(27-31-24)19-14-22(29)28(15-19)16(2)17-5-9-20(25)10-6-17/h5-12,16,19H,3-4,13-15H2,1-2H3. The number of nitrogens with zero attached hydrogens (tertiary/aromatic N) is 3. The number of hydrogen-bond acceptors (Lipinski definition) is 5. The average molecular weight is 423 g/mol. The van der Waals surface area contributed by atoms with Crippen LogP contribution in [-0.2, 0) is 4.79 Å². The second-order valence-corrected chi connectivity index (χ2v) is 7.86. The number of hydrogen-bond donors (Lipinski definition) is 0. The Bertz CT molecular complexity index is 1020. The summed E-state index contributed by atoms with van der Waals surface area (Å²) in [5, 5.41) is 4.12. The van der Waals surface area contributed by atoms with E-state index in [2.05, 4.69) is 17.1 Å². The Hall–Kier alpha value is -3.22. The second kappa shape index (κ2) is 9.29. The maximum atomic E-state index is 13.2. The molecule has 3 aromatic rings. The monoisotopic (exact) mass is 423 g/mol. The molecule has 1 fully saturated rings. The van der Waals surface area contributed by atoms with Crippen LogP contribution in [-0.4, -0.2) is 34.1 Å². The summed E-state index contributed by atoms with van der Waals surface area (Å²) in [5.74, 6) is 1.37. The van der Waals surface area contributed by atoms with Crippen LogP contribution in [0.5, 0.6) is 5.75 Å². The number of aromatic nitrogens is 2. The number of rotatable bonds is 8. The van der Waals surface area contributed by atoms with Crippen molar-refractivity contribution in [3.05, 3.63) is 65.7 Å². The predicted molar refractivity (Wildman–Crippen MR) is 114 cm³/mol. The molecule has 1 aliphatic heterocycles. The molecule has 7 heteroatoms. The first-order chi connectivity index (χ1) is 15.0. The maximum Gasteiger partial charge on any atom is 0.257 e. The van der Waals surface area contributed by atoms with Crippen LogP contribution in [0.2, 0.25) is 0 Å². The third-order valence-corrected chi connectivity index (χ3v) is 5.65. The first kappa shape index (κ1) is 21.0. The van der Waals surface area contributed by atoms with E-state index >= 15 is 0 Å². The van der Waals surface area contributed by atoms with E-state index in [1.54, 1.807) is 17.0 Å². The summed E-state index contributed by atoms with van der Waals surface area (Å²) in [6.45, 7) is 5.27. The van der Waals surface area contributed by atoms with E-state index in [-0.39, 0.29) is 23.7 Å². The molecule has 1 aliphatic rings. The number of halogens is 1. The topological polar surface area (TPSA) is 68.5 Å². The fraction of sp³-hybridized carbons (Fsp3) is 0.375. The molecule has 0 N–H and O–H groups in total. The van der Waals surface area contributed by atoms with Crippen LogP contribution in [0.15, 0.2) is 53.1 Å². The lowest BCUT2D eigenvalue weighted by Gasteiger charge is -2.25. The molecule has 2 aromatic carbocycles. The van der Waals surface area contributed by atoms with Crippen LogP contribution in [0.3, 0.4) is 0 Å². The van der Waals surface area contributed by atoms with Gasteiger partial charge in [-0.05, 0) is 55.3 Å². The van der Waals surface area contributed by atoms with Crippen molar-refractivity contribution in [1.29, 1.82) is 0 Å². The lowest BCUT2D eigenvalue weighted by molar-refractivity contribution is -0.129. The Morgan fingerprint density at radius 1 is 1.19 bits per heavy atom.